The summed E-state index contributed by atoms with van der Waals surface area (Å²) in [6.07, 6.45) is -2.09. The van der Waals surface area contributed by atoms with Crippen LogP contribution in [0, 0.1) is 11.3 Å². The van der Waals surface area contributed by atoms with Crippen LogP contribution in [-0.4, -0.2) is 68.9 Å². The molecule has 112 valence electrons. The summed E-state index contributed by atoms with van der Waals surface area (Å²) in [4.78, 5) is 0. The molecular formula is C12H14N4O5. The van der Waals surface area contributed by atoms with E-state index in [0.717, 1.165) is 0 Å². The molecule has 3 heterocycles. The van der Waals surface area contributed by atoms with Crippen molar-refractivity contribution in [1.82, 2.24) is 10.2 Å². The molecule has 0 unspecified atom stereocenters. The van der Waals surface area contributed by atoms with Crippen molar-refractivity contribution in [3.05, 3.63) is 17.8 Å². The Labute approximate surface area is 119 Å². The summed E-state index contributed by atoms with van der Waals surface area (Å²) < 4.78 is 10.9. The van der Waals surface area contributed by atoms with E-state index in [-0.39, 0.29) is 18.0 Å². The number of hydrogen-bond acceptors (Lipinski definition) is 9. The van der Waals surface area contributed by atoms with Gasteiger partial charge < -0.3 is 30.1 Å². The summed E-state index contributed by atoms with van der Waals surface area (Å²) in [5, 5.41) is 49.0. The van der Waals surface area contributed by atoms with Gasteiger partial charge in [-0.05, 0) is 6.07 Å². The minimum atomic E-state index is -1.33. The fourth-order valence-corrected chi connectivity index (χ4v) is 2.54. The van der Waals surface area contributed by atoms with E-state index in [1.54, 1.807) is 0 Å². The molecule has 21 heavy (non-hydrogen) atoms. The van der Waals surface area contributed by atoms with Gasteiger partial charge in [0.2, 0.25) is 0 Å². The number of anilines is 1. The Morgan fingerprint density at radius 3 is 3.05 bits per heavy atom. The molecule has 2 aliphatic heterocycles. The van der Waals surface area contributed by atoms with Gasteiger partial charge >= 0.3 is 0 Å². The lowest BCUT2D eigenvalue weighted by Crippen LogP contribution is -2.64. The molecule has 2 bridgehead atoms. The van der Waals surface area contributed by atoms with Crippen molar-refractivity contribution in [3.63, 3.8) is 0 Å². The Balaban J connectivity index is 1.85. The van der Waals surface area contributed by atoms with Crippen LogP contribution < -0.4 is 5.32 Å². The van der Waals surface area contributed by atoms with E-state index in [9.17, 15) is 15.3 Å². The Bertz CT molecular complexity index is 579. The predicted molar refractivity (Wildman–Crippen MR) is 66.8 cm³/mol. The van der Waals surface area contributed by atoms with Gasteiger partial charge in [0.25, 0.3) is 0 Å². The van der Waals surface area contributed by atoms with Crippen molar-refractivity contribution in [2.75, 3.05) is 18.5 Å². The lowest BCUT2D eigenvalue weighted by molar-refractivity contribution is -0.224. The van der Waals surface area contributed by atoms with Gasteiger partial charge in [-0.3, -0.25) is 0 Å². The van der Waals surface area contributed by atoms with Crippen molar-refractivity contribution in [3.8, 4) is 6.07 Å². The molecule has 9 heteroatoms. The molecule has 0 spiro atoms. The van der Waals surface area contributed by atoms with Crippen molar-refractivity contribution < 1.29 is 24.8 Å². The smallest absolute Gasteiger partial charge is 0.181 e. The fraction of sp³-hybridized carbons (Fsp3) is 0.583. The number of aliphatic hydroxyl groups is 3. The predicted octanol–water partition coefficient (Wildman–Crippen LogP) is -2.03. The molecule has 0 aliphatic carbocycles. The quantitative estimate of drug-likeness (QED) is 0.496. The number of aromatic nitrogens is 2. The summed E-state index contributed by atoms with van der Waals surface area (Å²) in [6, 6.07) is 2.57. The zero-order valence-electron chi connectivity index (χ0n) is 10.9. The minimum absolute atomic E-state index is 0.0316. The number of nitrogens with zero attached hydrogens (tertiary/aromatic N) is 3. The summed E-state index contributed by atoms with van der Waals surface area (Å²) in [6.45, 7) is -0.501. The maximum absolute atomic E-state index is 10.2. The molecule has 2 fully saturated rings. The zero-order chi connectivity index (χ0) is 15.0. The van der Waals surface area contributed by atoms with Gasteiger partial charge in [-0.1, -0.05) is 0 Å². The van der Waals surface area contributed by atoms with E-state index >= 15 is 0 Å². The van der Waals surface area contributed by atoms with Gasteiger partial charge in [0.05, 0.1) is 25.0 Å². The SMILES string of the molecule is N#Cc1ccnnc1N[C@H]1[C@H]2OC[C@](CO)(O2)[C@H](O)[C@@H]1O. The zero-order valence-corrected chi connectivity index (χ0v) is 10.9. The highest BCUT2D eigenvalue weighted by Gasteiger charge is 2.59. The third-order valence-electron chi connectivity index (χ3n) is 3.78. The second kappa shape index (κ2) is 5.18. The molecule has 5 atom stereocenters. The van der Waals surface area contributed by atoms with Gasteiger partial charge in [0, 0.05) is 0 Å². The van der Waals surface area contributed by atoms with Gasteiger partial charge in [-0.15, -0.1) is 5.10 Å². The number of nitriles is 1. The molecule has 1 aromatic heterocycles. The second-order valence-electron chi connectivity index (χ2n) is 5.03. The maximum atomic E-state index is 10.2. The Morgan fingerprint density at radius 1 is 1.52 bits per heavy atom. The molecule has 2 aliphatic rings. The first-order valence-corrected chi connectivity index (χ1v) is 6.36. The van der Waals surface area contributed by atoms with Crippen LogP contribution in [0.5, 0.6) is 0 Å². The van der Waals surface area contributed by atoms with Gasteiger partial charge in [0.15, 0.2) is 12.1 Å². The average Bonchev–Trinajstić information content (AvgIpc) is 2.93. The van der Waals surface area contributed by atoms with Crippen molar-refractivity contribution in [2.45, 2.75) is 30.1 Å². The van der Waals surface area contributed by atoms with Crippen molar-refractivity contribution in [1.29, 1.82) is 5.26 Å². The van der Waals surface area contributed by atoms with E-state index in [1.807, 2.05) is 6.07 Å². The molecular weight excluding hydrogens is 280 g/mol. The molecule has 3 rings (SSSR count). The highest BCUT2D eigenvalue weighted by atomic mass is 16.7. The normalized spacial score (nSPS) is 38.0. The van der Waals surface area contributed by atoms with Crippen LogP contribution >= 0.6 is 0 Å². The van der Waals surface area contributed by atoms with E-state index < -0.39 is 36.7 Å². The number of hydrogen-bond donors (Lipinski definition) is 4. The van der Waals surface area contributed by atoms with Crippen LogP contribution in [0.25, 0.3) is 0 Å². The monoisotopic (exact) mass is 294 g/mol. The first-order chi connectivity index (χ1) is 10.1. The third-order valence-corrected chi connectivity index (χ3v) is 3.78. The molecule has 0 amide bonds. The summed E-state index contributed by atoms with van der Waals surface area (Å²) in [5.74, 6) is 0.159. The van der Waals surface area contributed by atoms with E-state index in [2.05, 4.69) is 15.5 Å². The summed E-state index contributed by atoms with van der Waals surface area (Å²) in [5.41, 5.74) is -1.08. The fourth-order valence-electron chi connectivity index (χ4n) is 2.54. The maximum Gasteiger partial charge on any atom is 0.181 e. The largest absolute Gasteiger partial charge is 0.393 e. The molecule has 0 radical (unpaired) electrons. The average molecular weight is 294 g/mol. The minimum Gasteiger partial charge on any atom is -0.393 e. The number of fused-ring (bicyclic) bond motifs is 2. The van der Waals surface area contributed by atoms with Crippen molar-refractivity contribution >= 4 is 5.82 Å². The third kappa shape index (κ3) is 2.14. The van der Waals surface area contributed by atoms with Crippen molar-refractivity contribution in [2.24, 2.45) is 0 Å². The van der Waals surface area contributed by atoms with E-state index in [4.69, 9.17) is 14.7 Å². The molecule has 2 saturated heterocycles. The first kappa shape index (κ1) is 14.1. The highest BCUT2D eigenvalue weighted by Crippen LogP contribution is 2.37. The Kier molecular flexibility index (Phi) is 3.48. The van der Waals surface area contributed by atoms with Gasteiger partial charge in [-0.2, -0.15) is 10.4 Å². The molecule has 4 N–H and O–H groups in total. The van der Waals surface area contributed by atoms with Gasteiger partial charge in [0.1, 0.15) is 29.9 Å². The van der Waals surface area contributed by atoms with E-state index in [1.165, 1.54) is 12.3 Å². The lowest BCUT2D eigenvalue weighted by Gasteiger charge is -2.42. The number of nitrogens with one attached hydrogen (secondary N) is 1. The summed E-state index contributed by atoms with van der Waals surface area (Å²) in [7, 11) is 0. The molecule has 0 aromatic carbocycles. The molecule has 9 nitrogen and oxygen atoms in total. The van der Waals surface area contributed by atoms with Crippen LogP contribution in [0.15, 0.2) is 12.3 Å². The van der Waals surface area contributed by atoms with Crippen LogP contribution in [-0.2, 0) is 9.47 Å². The Morgan fingerprint density at radius 2 is 2.33 bits per heavy atom. The topological polar surface area (TPSA) is 141 Å². The number of aliphatic hydroxyl groups excluding tert-OH is 3. The summed E-state index contributed by atoms with van der Waals surface area (Å²) >= 11 is 0. The lowest BCUT2D eigenvalue weighted by atomic mass is 9.88. The number of ether oxygens (including phenoxy) is 2. The molecule has 0 saturated carbocycles. The van der Waals surface area contributed by atoms with Crippen LogP contribution in [0.4, 0.5) is 5.82 Å². The highest BCUT2D eigenvalue weighted by molar-refractivity contribution is 5.51. The first-order valence-electron chi connectivity index (χ1n) is 6.36. The standard InChI is InChI=1S/C12H14N4O5/c13-3-6-1-2-14-16-10(6)15-7-8(18)9(19)12(4-17)5-20-11(7)21-12/h1-2,7-9,11,17-19H,4-5H2,(H,15,16)/t7-,8-,9-,11+,12+/m1/s1. The van der Waals surface area contributed by atoms with Crippen LogP contribution in [0.1, 0.15) is 5.56 Å². The van der Waals surface area contributed by atoms with Crippen LogP contribution in [0.3, 0.4) is 0 Å². The van der Waals surface area contributed by atoms with E-state index in [0.29, 0.717) is 0 Å². The van der Waals surface area contributed by atoms with Gasteiger partial charge in [-0.25, -0.2) is 0 Å². The Hall–Kier alpha value is -1.83. The second-order valence-corrected chi connectivity index (χ2v) is 5.03. The molecule has 1 aromatic rings. The van der Waals surface area contributed by atoms with Crippen LogP contribution in [0.2, 0.25) is 0 Å². The number of rotatable bonds is 3.